The second kappa shape index (κ2) is 2.44. The van der Waals surface area contributed by atoms with Crippen molar-refractivity contribution in [2.75, 3.05) is 0 Å². The molecule has 0 aliphatic rings. The summed E-state index contributed by atoms with van der Waals surface area (Å²) in [7, 11) is 0. The summed E-state index contributed by atoms with van der Waals surface area (Å²) in [6.45, 7) is 0. The lowest BCUT2D eigenvalue weighted by Gasteiger charge is -1.91. The number of fused-ring (bicyclic) bond motifs is 1. The van der Waals surface area contributed by atoms with Gasteiger partial charge in [-0.15, -0.1) is 0 Å². The molecular weight excluding hydrogens is 174 g/mol. The topological polar surface area (TPSA) is 87.7 Å². The van der Waals surface area contributed by atoms with Crippen LogP contribution in [0.25, 0.3) is 5.78 Å². The fraction of sp³-hybridized carbons (Fsp3) is 0. The molecule has 0 unspecified atom stereocenters. The molecule has 0 bridgehead atoms. The minimum Gasteiger partial charge on any atom is -0.492 e. The van der Waals surface area contributed by atoms with Crippen LogP contribution in [0.15, 0.2) is 18.5 Å². The highest BCUT2D eigenvalue weighted by Gasteiger charge is 2.17. The van der Waals surface area contributed by atoms with Gasteiger partial charge < -0.3 is 10.2 Å². The van der Waals surface area contributed by atoms with Crippen molar-refractivity contribution in [2.24, 2.45) is 0 Å². The van der Waals surface area contributed by atoms with Crippen molar-refractivity contribution in [3.05, 3.63) is 24.2 Å². The van der Waals surface area contributed by atoms with Crippen LogP contribution in [-0.2, 0) is 0 Å². The Morgan fingerprint density at radius 3 is 2.92 bits per heavy atom. The third-order valence-corrected chi connectivity index (χ3v) is 1.58. The first kappa shape index (κ1) is 7.53. The summed E-state index contributed by atoms with van der Waals surface area (Å²) < 4.78 is 1.20. The summed E-state index contributed by atoms with van der Waals surface area (Å²) in [6.07, 6.45) is 2.95. The van der Waals surface area contributed by atoms with Crippen molar-refractivity contribution in [1.82, 2.24) is 14.4 Å². The van der Waals surface area contributed by atoms with Crippen LogP contribution in [0.4, 0.5) is 0 Å². The molecule has 6 heteroatoms. The molecule has 6 nitrogen and oxygen atoms in total. The van der Waals surface area contributed by atoms with E-state index in [-0.39, 0.29) is 5.78 Å². The van der Waals surface area contributed by atoms with E-state index >= 15 is 0 Å². The summed E-state index contributed by atoms with van der Waals surface area (Å²) in [5.41, 5.74) is -0.390. The Bertz CT molecular complexity index is 477. The van der Waals surface area contributed by atoms with Gasteiger partial charge >= 0.3 is 5.97 Å². The third-order valence-electron chi connectivity index (χ3n) is 1.58. The summed E-state index contributed by atoms with van der Waals surface area (Å²) in [5.74, 6) is -1.52. The molecule has 0 saturated carbocycles. The molecular formula is C7H5N3O3. The van der Waals surface area contributed by atoms with E-state index in [0.29, 0.717) is 0 Å². The fourth-order valence-electron chi connectivity index (χ4n) is 1.02. The standard InChI is InChI=1S/C7H5N3O3/c11-5-4(6(12)13)9-7-8-2-1-3-10(5)7/h1-3,11H,(H,12,13). The van der Waals surface area contributed by atoms with Crippen molar-refractivity contribution >= 4 is 11.7 Å². The average Bonchev–Trinajstić information content (AvgIpc) is 2.45. The molecule has 2 aromatic rings. The van der Waals surface area contributed by atoms with E-state index in [1.165, 1.54) is 16.8 Å². The lowest BCUT2D eigenvalue weighted by atomic mass is 10.5. The molecule has 0 saturated heterocycles. The van der Waals surface area contributed by atoms with Crippen molar-refractivity contribution in [3.63, 3.8) is 0 Å². The van der Waals surface area contributed by atoms with E-state index < -0.39 is 17.5 Å². The van der Waals surface area contributed by atoms with E-state index in [1.807, 2.05) is 0 Å². The number of carbonyl (C=O) groups is 1. The SMILES string of the molecule is O=C(O)c1nc2ncccn2c1O. The maximum Gasteiger partial charge on any atom is 0.360 e. The summed E-state index contributed by atoms with van der Waals surface area (Å²) in [6, 6.07) is 1.57. The Balaban J connectivity index is 2.81. The summed E-state index contributed by atoms with van der Waals surface area (Å²) >= 11 is 0. The lowest BCUT2D eigenvalue weighted by molar-refractivity contribution is 0.0687. The van der Waals surface area contributed by atoms with Gasteiger partial charge in [0.25, 0.3) is 0 Å². The van der Waals surface area contributed by atoms with E-state index in [4.69, 9.17) is 5.11 Å². The highest BCUT2D eigenvalue weighted by atomic mass is 16.4. The van der Waals surface area contributed by atoms with Gasteiger partial charge in [0.2, 0.25) is 17.4 Å². The van der Waals surface area contributed by atoms with Crippen LogP contribution in [0.1, 0.15) is 10.5 Å². The van der Waals surface area contributed by atoms with Gasteiger partial charge in [-0.2, -0.15) is 4.98 Å². The van der Waals surface area contributed by atoms with E-state index in [2.05, 4.69) is 9.97 Å². The maximum atomic E-state index is 10.5. The van der Waals surface area contributed by atoms with Gasteiger partial charge in [-0.25, -0.2) is 9.78 Å². The zero-order chi connectivity index (χ0) is 9.42. The van der Waals surface area contributed by atoms with Gasteiger partial charge in [-0.05, 0) is 6.07 Å². The maximum absolute atomic E-state index is 10.5. The Morgan fingerprint density at radius 2 is 2.31 bits per heavy atom. The molecule has 0 fully saturated rings. The molecule has 66 valence electrons. The van der Waals surface area contributed by atoms with Gasteiger partial charge in [0.05, 0.1) is 0 Å². The monoisotopic (exact) mass is 179 g/mol. The number of aromatic nitrogens is 3. The molecule has 2 heterocycles. The molecule has 2 rings (SSSR count). The number of nitrogens with zero attached hydrogens (tertiary/aromatic N) is 3. The zero-order valence-electron chi connectivity index (χ0n) is 6.38. The van der Waals surface area contributed by atoms with E-state index in [9.17, 15) is 9.90 Å². The molecule has 0 aliphatic carbocycles. The Kier molecular flexibility index (Phi) is 1.42. The normalized spacial score (nSPS) is 10.5. The van der Waals surface area contributed by atoms with Gasteiger partial charge in [0.1, 0.15) is 0 Å². The van der Waals surface area contributed by atoms with Gasteiger partial charge in [0.15, 0.2) is 0 Å². The molecule has 2 N–H and O–H groups in total. The van der Waals surface area contributed by atoms with Crippen LogP contribution in [0.3, 0.4) is 0 Å². The number of imidazole rings is 1. The molecule has 0 aliphatic heterocycles. The van der Waals surface area contributed by atoms with Gasteiger partial charge in [0, 0.05) is 12.4 Å². The van der Waals surface area contributed by atoms with E-state index in [1.54, 1.807) is 6.07 Å². The number of aromatic hydroxyl groups is 1. The smallest absolute Gasteiger partial charge is 0.360 e. The Labute approximate surface area is 72.1 Å². The van der Waals surface area contributed by atoms with Crippen LogP contribution in [0.5, 0.6) is 5.88 Å². The molecule has 0 aromatic carbocycles. The van der Waals surface area contributed by atoms with Crippen LogP contribution in [0, 0.1) is 0 Å². The molecule has 0 amide bonds. The quantitative estimate of drug-likeness (QED) is 0.649. The number of carboxylic acids is 1. The van der Waals surface area contributed by atoms with Crippen LogP contribution in [-0.4, -0.2) is 30.6 Å². The predicted molar refractivity (Wildman–Crippen MR) is 41.6 cm³/mol. The lowest BCUT2D eigenvalue weighted by Crippen LogP contribution is -1.96. The van der Waals surface area contributed by atoms with Crippen LogP contribution in [0.2, 0.25) is 0 Å². The second-order valence-electron chi connectivity index (χ2n) is 2.38. The number of hydrogen-bond acceptors (Lipinski definition) is 4. The summed E-state index contributed by atoms with van der Waals surface area (Å²) in [4.78, 5) is 17.9. The largest absolute Gasteiger partial charge is 0.492 e. The van der Waals surface area contributed by atoms with Gasteiger partial charge in [-0.1, -0.05) is 0 Å². The predicted octanol–water partition coefficient (Wildman–Crippen LogP) is 0.133. The average molecular weight is 179 g/mol. The number of carboxylic acid groups (broad SMARTS) is 1. The third kappa shape index (κ3) is 0.994. The van der Waals surface area contributed by atoms with Crippen LogP contribution < -0.4 is 0 Å². The van der Waals surface area contributed by atoms with Gasteiger partial charge in [-0.3, -0.25) is 4.40 Å². The van der Waals surface area contributed by atoms with Crippen molar-refractivity contribution in [3.8, 4) is 5.88 Å². The highest BCUT2D eigenvalue weighted by molar-refractivity contribution is 5.88. The molecule has 13 heavy (non-hydrogen) atoms. The first-order valence-corrected chi connectivity index (χ1v) is 3.45. The Hall–Kier alpha value is -2.11. The zero-order valence-corrected chi connectivity index (χ0v) is 6.38. The second-order valence-corrected chi connectivity index (χ2v) is 2.38. The van der Waals surface area contributed by atoms with E-state index in [0.717, 1.165) is 0 Å². The molecule has 0 radical (unpaired) electrons. The highest BCUT2D eigenvalue weighted by Crippen LogP contribution is 2.16. The molecule has 2 aromatic heterocycles. The first-order valence-electron chi connectivity index (χ1n) is 3.45. The number of hydrogen-bond donors (Lipinski definition) is 2. The number of aromatic carboxylic acids is 1. The number of rotatable bonds is 1. The van der Waals surface area contributed by atoms with Crippen molar-refractivity contribution in [2.45, 2.75) is 0 Å². The summed E-state index contributed by atoms with van der Waals surface area (Å²) in [5, 5.41) is 17.9. The molecule has 0 atom stereocenters. The van der Waals surface area contributed by atoms with Crippen molar-refractivity contribution < 1.29 is 15.0 Å². The van der Waals surface area contributed by atoms with Crippen LogP contribution >= 0.6 is 0 Å². The van der Waals surface area contributed by atoms with Crippen molar-refractivity contribution in [1.29, 1.82) is 0 Å². The Morgan fingerprint density at radius 1 is 1.54 bits per heavy atom. The minimum atomic E-state index is -1.27. The molecule has 0 spiro atoms. The fourth-order valence-corrected chi connectivity index (χ4v) is 1.02. The minimum absolute atomic E-state index is 0.164. The first-order chi connectivity index (χ1) is 6.20.